The fraction of sp³-hybridized carbons (Fsp3) is 0.750. The topological polar surface area (TPSA) is 9.23 Å². The van der Waals surface area contributed by atoms with E-state index >= 15 is 0 Å². The van der Waals surface area contributed by atoms with Crippen LogP contribution in [0.5, 0.6) is 0 Å². The highest BCUT2D eigenvalue weighted by molar-refractivity contribution is 4.78. The van der Waals surface area contributed by atoms with Crippen molar-refractivity contribution in [3.8, 4) is 0 Å². The molecule has 0 aromatic rings. The summed E-state index contributed by atoms with van der Waals surface area (Å²) in [6.45, 7) is 7.89. The molecule has 1 saturated heterocycles. The molecule has 1 unspecified atom stereocenters. The lowest BCUT2D eigenvalue weighted by molar-refractivity contribution is -0.0563. The fourth-order valence-corrected chi connectivity index (χ4v) is 1.04. The molecule has 9 heavy (non-hydrogen) atoms. The first-order chi connectivity index (χ1) is 4.34. The normalized spacial score (nSPS) is 22.8. The summed E-state index contributed by atoms with van der Waals surface area (Å²) in [5.74, 6) is 1.58. The van der Waals surface area contributed by atoms with Crippen molar-refractivity contribution in [2.24, 2.45) is 11.8 Å². The van der Waals surface area contributed by atoms with Crippen LogP contribution in [0.4, 0.5) is 0 Å². The van der Waals surface area contributed by atoms with Crippen LogP contribution in [0.1, 0.15) is 13.3 Å². The van der Waals surface area contributed by atoms with E-state index in [0.717, 1.165) is 31.5 Å². The van der Waals surface area contributed by atoms with E-state index in [1.807, 2.05) is 6.08 Å². The zero-order valence-electron chi connectivity index (χ0n) is 5.97. The van der Waals surface area contributed by atoms with Crippen molar-refractivity contribution in [3.63, 3.8) is 0 Å². The first-order valence-corrected chi connectivity index (χ1v) is 3.53. The molecule has 0 bridgehead atoms. The van der Waals surface area contributed by atoms with Gasteiger partial charge in [0.1, 0.15) is 0 Å². The zero-order chi connectivity index (χ0) is 6.69. The third-order valence-corrected chi connectivity index (χ3v) is 2.01. The SMILES string of the molecule is C=CCC(C)C1COC1. The number of ether oxygens (including phenoxy) is 1. The van der Waals surface area contributed by atoms with Gasteiger partial charge in [-0.05, 0) is 12.3 Å². The van der Waals surface area contributed by atoms with Crippen molar-refractivity contribution in [1.82, 2.24) is 0 Å². The first kappa shape index (κ1) is 6.81. The molecule has 0 radical (unpaired) electrons. The van der Waals surface area contributed by atoms with E-state index in [2.05, 4.69) is 13.5 Å². The van der Waals surface area contributed by atoms with E-state index in [1.165, 1.54) is 0 Å². The minimum absolute atomic E-state index is 0.774. The zero-order valence-corrected chi connectivity index (χ0v) is 5.97. The Morgan fingerprint density at radius 1 is 1.78 bits per heavy atom. The second-order valence-electron chi connectivity index (χ2n) is 2.80. The highest BCUT2D eigenvalue weighted by Crippen LogP contribution is 2.22. The smallest absolute Gasteiger partial charge is 0.0519 e. The summed E-state index contributed by atoms with van der Waals surface area (Å²) in [6.07, 6.45) is 3.12. The van der Waals surface area contributed by atoms with Gasteiger partial charge in [0.2, 0.25) is 0 Å². The van der Waals surface area contributed by atoms with E-state index in [4.69, 9.17) is 4.74 Å². The van der Waals surface area contributed by atoms with Gasteiger partial charge in [0.15, 0.2) is 0 Å². The van der Waals surface area contributed by atoms with Crippen LogP contribution in [0.2, 0.25) is 0 Å². The van der Waals surface area contributed by atoms with Crippen molar-refractivity contribution >= 4 is 0 Å². The lowest BCUT2D eigenvalue weighted by Crippen LogP contribution is -2.32. The van der Waals surface area contributed by atoms with Crippen molar-refractivity contribution < 1.29 is 4.74 Å². The highest BCUT2D eigenvalue weighted by Gasteiger charge is 2.23. The van der Waals surface area contributed by atoms with Gasteiger partial charge in [0.05, 0.1) is 13.2 Å². The van der Waals surface area contributed by atoms with Gasteiger partial charge in [-0.3, -0.25) is 0 Å². The third kappa shape index (κ3) is 1.55. The molecule has 0 amide bonds. The molecule has 0 spiro atoms. The average molecular weight is 126 g/mol. The molecule has 52 valence electrons. The van der Waals surface area contributed by atoms with Crippen molar-refractivity contribution in [1.29, 1.82) is 0 Å². The van der Waals surface area contributed by atoms with Gasteiger partial charge in [-0.2, -0.15) is 0 Å². The van der Waals surface area contributed by atoms with Crippen molar-refractivity contribution in [3.05, 3.63) is 12.7 Å². The predicted molar refractivity (Wildman–Crippen MR) is 38.3 cm³/mol. The molecule has 1 heteroatoms. The van der Waals surface area contributed by atoms with Gasteiger partial charge >= 0.3 is 0 Å². The first-order valence-electron chi connectivity index (χ1n) is 3.53. The molecule has 1 rings (SSSR count). The molecule has 0 aromatic heterocycles. The largest absolute Gasteiger partial charge is 0.381 e. The highest BCUT2D eigenvalue weighted by atomic mass is 16.5. The van der Waals surface area contributed by atoms with E-state index in [9.17, 15) is 0 Å². The van der Waals surface area contributed by atoms with E-state index in [-0.39, 0.29) is 0 Å². The Labute approximate surface area is 56.7 Å². The second-order valence-corrected chi connectivity index (χ2v) is 2.80. The fourth-order valence-electron chi connectivity index (χ4n) is 1.04. The summed E-state index contributed by atoms with van der Waals surface area (Å²) in [5, 5.41) is 0. The minimum atomic E-state index is 0.774. The van der Waals surface area contributed by atoms with Crippen LogP contribution >= 0.6 is 0 Å². The van der Waals surface area contributed by atoms with Crippen LogP contribution in [0.25, 0.3) is 0 Å². The van der Waals surface area contributed by atoms with Crippen LogP contribution in [0.15, 0.2) is 12.7 Å². The Kier molecular flexibility index (Phi) is 2.29. The quantitative estimate of drug-likeness (QED) is 0.524. The van der Waals surface area contributed by atoms with Gasteiger partial charge in [0.25, 0.3) is 0 Å². The summed E-state index contributed by atoms with van der Waals surface area (Å²) < 4.78 is 5.07. The summed E-state index contributed by atoms with van der Waals surface area (Å²) in [7, 11) is 0. The Hall–Kier alpha value is -0.300. The maximum Gasteiger partial charge on any atom is 0.0519 e. The molecule has 1 nitrogen and oxygen atoms in total. The van der Waals surface area contributed by atoms with Crippen LogP contribution in [0, 0.1) is 11.8 Å². The molecule has 0 aliphatic carbocycles. The average Bonchev–Trinajstić information content (AvgIpc) is 1.60. The lowest BCUT2D eigenvalue weighted by Gasteiger charge is -2.30. The van der Waals surface area contributed by atoms with Crippen molar-refractivity contribution in [2.75, 3.05) is 13.2 Å². The van der Waals surface area contributed by atoms with Crippen LogP contribution in [-0.4, -0.2) is 13.2 Å². The van der Waals surface area contributed by atoms with Gasteiger partial charge in [-0.15, -0.1) is 6.58 Å². The van der Waals surface area contributed by atoms with Gasteiger partial charge < -0.3 is 4.74 Å². The molecule has 0 N–H and O–H groups in total. The number of hydrogen-bond acceptors (Lipinski definition) is 1. The summed E-state index contributed by atoms with van der Waals surface area (Å²) in [4.78, 5) is 0. The Morgan fingerprint density at radius 3 is 2.78 bits per heavy atom. The van der Waals surface area contributed by atoms with E-state index < -0.39 is 0 Å². The second kappa shape index (κ2) is 3.02. The lowest BCUT2D eigenvalue weighted by atomic mass is 9.90. The molecular formula is C8H14O. The molecule has 1 heterocycles. The molecule has 1 aliphatic heterocycles. The standard InChI is InChI=1S/C8H14O/c1-3-4-7(2)8-5-9-6-8/h3,7-8H,1,4-6H2,2H3. The number of hydrogen-bond donors (Lipinski definition) is 0. The number of allylic oxidation sites excluding steroid dienone is 1. The van der Waals surface area contributed by atoms with Gasteiger partial charge in [-0.25, -0.2) is 0 Å². The van der Waals surface area contributed by atoms with E-state index in [0.29, 0.717) is 0 Å². The summed E-state index contributed by atoms with van der Waals surface area (Å²) in [5.41, 5.74) is 0. The van der Waals surface area contributed by atoms with Crippen LogP contribution in [0.3, 0.4) is 0 Å². The summed E-state index contributed by atoms with van der Waals surface area (Å²) in [6, 6.07) is 0. The monoisotopic (exact) mass is 126 g/mol. The van der Waals surface area contributed by atoms with E-state index in [1.54, 1.807) is 0 Å². The van der Waals surface area contributed by atoms with Crippen LogP contribution < -0.4 is 0 Å². The predicted octanol–water partition coefficient (Wildman–Crippen LogP) is 1.84. The molecule has 1 aliphatic rings. The van der Waals surface area contributed by atoms with Crippen molar-refractivity contribution in [2.45, 2.75) is 13.3 Å². The number of rotatable bonds is 3. The molecule has 1 atom stereocenters. The maximum atomic E-state index is 5.07. The Balaban J connectivity index is 2.15. The molecule has 1 fully saturated rings. The third-order valence-electron chi connectivity index (χ3n) is 2.01. The van der Waals surface area contributed by atoms with Gasteiger partial charge in [-0.1, -0.05) is 13.0 Å². The van der Waals surface area contributed by atoms with Crippen LogP contribution in [-0.2, 0) is 4.74 Å². The maximum absolute atomic E-state index is 5.07. The van der Waals surface area contributed by atoms with Gasteiger partial charge in [0, 0.05) is 5.92 Å². The molecule has 0 aromatic carbocycles. The Bertz CT molecular complexity index is 94.7. The molecular weight excluding hydrogens is 112 g/mol. The Morgan fingerprint density at radius 2 is 2.44 bits per heavy atom. The molecule has 0 saturated carbocycles. The summed E-state index contributed by atoms with van der Waals surface area (Å²) >= 11 is 0. The minimum Gasteiger partial charge on any atom is -0.381 e.